The molecule has 0 aliphatic heterocycles. The van der Waals surface area contributed by atoms with Gasteiger partial charge in [-0.05, 0) is 30.9 Å². The van der Waals surface area contributed by atoms with E-state index in [9.17, 15) is 4.79 Å². The first-order valence-corrected chi connectivity index (χ1v) is 8.46. The van der Waals surface area contributed by atoms with Crippen LogP contribution >= 0.6 is 11.8 Å². The van der Waals surface area contributed by atoms with Gasteiger partial charge in [0.05, 0.1) is 11.9 Å². The van der Waals surface area contributed by atoms with E-state index >= 15 is 0 Å². The molecule has 4 rings (SSSR count). The molecule has 0 amide bonds. The molecule has 22 heavy (non-hydrogen) atoms. The summed E-state index contributed by atoms with van der Waals surface area (Å²) in [5, 5.41) is 5.52. The maximum absolute atomic E-state index is 12.2. The molecule has 0 spiro atoms. The second kappa shape index (κ2) is 5.61. The van der Waals surface area contributed by atoms with Gasteiger partial charge in [0.25, 0.3) is 5.56 Å². The minimum atomic E-state index is -0.122. The molecule has 0 bridgehead atoms. The lowest BCUT2D eigenvalue weighted by molar-refractivity contribution is 0.353. The van der Waals surface area contributed by atoms with Crippen molar-refractivity contribution in [1.29, 1.82) is 0 Å². The van der Waals surface area contributed by atoms with Gasteiger partial charge in [-0.1, -0.05) is 36.4 Å². The molecule has 2 aromatic heterocycles. The molecule has 112 valence electrons. The van der Waals surface area contributed by atoms with E-state index in [1.165, 1.54) is 19.3 Å². The lowest BCUT2D eigenvalue weighted by Crippen LogP contribution is -2.15. The minimum Gasteiger partial charge on any atom is -0.301 e. The Labute approximate surface area is 131 Å². The van der Waals surface area contributed by atoms with Crippen molar-refractivity contribution in [1.82, 2.24) is 19.7 Å². The zero-order chi connectivity index (χ0) is 14.9. The van der Waals surface area contributed by atoms with E-state index < -0.39 is 0 Å². The normalized spacial score (nSPS) is 15.1. The maximum atomic E-state index is 12.2. The van der Waals surface area contributed by atoms with Crippen molar-refractivity contribution in [3.05, 3.63) is 46.9 Å². The number of para-hydroxylation sites is 1. The summed E-state index contributed by atoms with van der Waals surface area (Å²) < 4.78 is 1.72. The van der Waals surface area contributed by atoms with Crippen molar-refractivity contribution in [2.45, 2.75) is 24.4 Å². The van der Waals surface area contributed by atoms with Gasteiger partial charge in [-0.2, -0.15) is 5.10 Å². The second-order valence-corrected chi connectivity index (χ2v) is 6.62. The zero-order valence-electron chi connectivity index (χ0n) is 12.0. The number of nitrogens with one attached hydrogen (secondary N) is 1. The maximum Gasteiger partial charge on any atom is 0.262 e. The summed E-state index contributed by atoms with van der Waals surface area (Å²) in [6.07, 6.45) is 5.49. The Morgan fingerprint density at radius 1 is 1.27 bits per heavy atom. The molecule has 1 aliphatic carbocycles. The third kappa shape index (κ3) is 2.43. The molecule has 2 heterocycles. The van der Waals surface area contributed by atoms with Crippen molar-refractivity contribution in [3.8, 4) is 5.69 Å². The highest BCUT2D eigenvalue weighted by atomic mass is 32.2. The van der Waals surface area contributed by atoms with Gasteiger partial charge >= 0.3 is 0 Å². The summed E-state index contributed by atoms with van der Waals surface area (Å²) in [5.74, 6) is 1.79. The topological polar surface area (TPSA) is 63.6 Å². The molecule has 0 atom stereocenters. The Kier molecular flexibility index (Phi) is 3.46. The molecule has 0 radical (unpaired) electrons. The van der Waals surface area contributed by atoms with Crippen molar-refractivity contribution in [2.75, 3.05) is 5.75 Å². The summed E-state index contributed by atoms with van der Waals surface area (Å²) in [5.41, 5.74) is 1.40. The van der Waals surface area contributed by atoms with Gasteiger partial charge in [0, 0.05) is 5.75 Å². The fourth-order valence-corrected chi connectivity index (χ4v) is 3.62. The van der Waals surface area contributed by atoms with Crippen LogP contribution in [0, 0.1) is 5.92 Å². The highest BCUT2D eigenvalue weighted by Crippen LogP contribution is 2.31. The average Bonchev–Trinajstić information content (AvgIpc) is 2.91. The number of hydrogen-bond acceptors (Lipinski definition) is 4. The number of nitrogens with zero attached hydrogens (tertiary/aromatic N) is 3. The summed E-state index contributed by atoms with van der Waals surface area (Å²) in [4.78, 5) is 19.7. The van der Waals surface area contributed by atoms with E-state index in [1.807, 2.05) is 30.3 Å². The van der Waals surface area contributed by atoms with E-state index in [2.05, 4.69) is 15.1 Å². The molecule has 1 aliphatic rings. The van der Waals surface area contributed by atoms with Crippen molar-refractivity contribution in [3.63, 3.8) is 0 Å². The molecule has 0 unspecified atom stereocenters. The molecule has 1 saturated carbocycles. The number of fused-ring (bicyclic) bond motifs is 1. The lowest BCUT2D eigenvalue weighted by Gasteiger charge is -2.24. The van der Waals surface area contributed by atoms with E-state index in [1.54, 1.807) is 22.6 Å². The van der Waals surface area contributed by atoms with Crippen LogP contribution in [0.15, 0.2) is 46.5 Å². The quantitative estimate of drug-likeness (QED) is 0.594. The number of benzene rings is 1. The Bertz CT molecular complexity index is 851. The van der Waals surface area contributed by atoms with Gasteiger partial charge in [-0.3, -0.25) is 4.79 Å². The fraction of sp³-hybridized carbons (Fsp3) is 0.312. The number of rotatable bonds is 4. The van der Waals surface area contributed by atoms with Gasteiger partial charge in [-0.25, -0.2) is 9.67 Å². The van der Waals surface area contributed by atoms with E-state index in [0.29, 0.717) is 16.2 Å². The van der Waals surface area contributed by atoms with Gasteiger partial charge in [0.15, 0.2) is 10.8 Å². The van der Waals surface area contributed by atoms with E-state index in [4.69, 9.17) is 0 Å². The standard InChI is InChI=1S/C16H16N4OS/c21-15-13-9-17-20(12-7-2-1-3-8-12)14(13)18-16(19-15)22-10-11-5-4-6-11/h1-3,7-9,11H,4-6,10H2,(H,18,19,21). The summed E-state index contributed by atoms with van der Waals surface area (Å²) in [7, 11) is 0. The number of H-pyrrole nitrogens is 1. The average molecular weight is 312 g/mol. The third-order valence-corrected chi connectivity index (χ3v) is 5.20. The van der Waals surface area contributed by atoms with Crippen LogP contribution in [0.1, 0.15) is 19.3 Å². The first kappa shape index (κ1) is 13.6. The summed E-state index contributed by atoms with van der Waals surface area (Å²) >= 11 is 1.63. The molecule has 1 fully saturated rings. The predicted octanol–water partition coefficient (Wildman–Crippen LogP) is 3.00. The van der Waals surface area contributed by atoms with E-state index in [0.717, 1.165) is 17.4 Å². The van der Waals surface area contributed by atoms with Gasteiger partial charge < -0.3 is 4.98 Å². The van der Waals surface area contributed by atoms with Crippen molar-refractivity contribution < 1.29 is 0 Å². The molecular weight excluding hydrogens is 296 g/mol. The zero-order valence-corrected chi connectivity index (χ0v) is 12.8. The van der Waals surface area contributed by atoms with Crippen molar-refractivity contribution >= 4 is 22.8 Å². The predicted molar refractivity (Wildman–Crippen MR) is 87.6 cm³/mol. The molecular formula is C16H16N4OS. The Morgan fingerprint density at radius 2 is 2.09 bits per heavy atom. The lowest BCUT2D eigenvalue weighted by atomic mass is 9.87. The minimum absolute atomic E-state index is 0.122. The summed E-state index contributed by atoms with van der Waals surface area (Å²) in [6, 6.07) is 9.76. The third-order valence-electron chi connectivity index (χ3n) is 4.10. The van der Waals surface area contributed by atoms with Crippen molar-refractivity contribution in [2.24, 2.45) is 5.92 Å². The Hall–Kier alpha value is -2.08. The molecule has 0 saturated heterocycles. The van der Waals surface area contributed by atoms with Gasteiger partial charge in [0.2, 0.25) is 0 Å². The van der Waals surface area contributed by atoms with Crippen LogP contribution in [-0.4, -0.2) is 25.5 Å². The molecule has 6 heteroatoms. The first-order valence-electron chi connectivity index (χ1n) is 7.47. The molecule has 3 aromatic rings. The number of aromatic amines is 1. The highest BCUT2D eigenvalue weighted by molar-refractivity contribution is 7.99. The van der Waals surface area contributed by atoms with Crippen LogP contribution in [-0.2, 0) is 0 Å². The number of hydrogen-bond donors (Lipinski definition) is 1. The van der Waals surface area contributed by atoms with Crippen LogP contribution in [0.25, 0.3) is 16.7 Å². The molecule has 1 N–H and O–H groups in total. The SMILES string of the molecule is O=c1[nH]c(SCC2CCC2)nc2c1cnn2-c1ccccc1. The largest absolute Gasteiger partial charge is 0.301 e. The summed E-state index contributed by atoms with van der Waals surface area (Å²) in [6.45, 7) is 0. The molecule has 5 nitrogen and oxygen atoms in total. The Morgan fingerprint density at radius 3 is 2.82 bits per heavy atom. The van der Waals surface area contributed by atoms with Gasteiger partial charge in [-0.15, -0.1) is 0 Å². The number of aromatic nitrogens is 4. The van der Waals surface area contributed by atoms with Crippen LogP contribution in [0.5, 0.6) is 0 Å². The van der Waals surface area contributed by atoms with Crippen LogP contribution in [0.3, 0.4) is 0 Å². The van der Waals surface area contributed by atoms with Gasteiger partial charge in [0.1, 0.15) is 5.39 Å². The van der Waals surface area contributed by atoms with Crippen LogP contribution in [0.4, 0.5) is 0 Å². The monoisotopic (exact) mass is 312 g/mol. The Balaban J connectivity index is 1.73. The van der Waals surface area contributed by atoms with E-state index in [-0.39, 0.29) is 5.56 Å². The molecule has 1 aromatic carbocycles. The smallest absolute Gasteiger partial charge is 0.262 e. The van der Waals surface area contributed by atoms with Crippen LogP contribution in [0.2, 0.25) is 0 Å². The van der Waals surface area contributed by atoms with Crippen LogP contribution < -0.4 is 5.56 Å². The first-order chi connectivity index (χ1) is 10.8. The number of thioether (sulfide) groups is 1. The highest BCUT2D eigenvalue weighted by Gasteiger charge is 2.18. The fourth-order valence-electron chi connectivity index (χ4n) is 2.58. The second-order valence-electron chi connectivity index (χ2n) is 5.61.